The topological polar surface area (TPSA) is 52.6 Å². The van der Waals surface area contributed by atoms with Gasteiger partial charge in [0.1, 0.15) is 12.2 Å². The van der Waals surface area contributed by atoms with E-state index in [0.717, 1.165) is 25.2 Å². The van der Waals surface area contributed by atoms with Crippen molar-refractivity contribution >= 4 is 11.8 Å². The number of hydrogen-bond acceptors (Lipinski definition) is 4. The number of ketones is 1. The number of ether oxygens (including phenoxy) is 1. The van der Waals surface area contributed by atoms with Gasteiger partial charge in [-0.3, -0.25) is 9.59 Å². The van der Waals surface area contributed by atoms with Gasteiger partial charge in [0.15, 0.2) is 0 Å². The van der Waals surface area contributed by atoms with Gasteiger partial charge in [-0.2, -0.15) is 0 Å². The van der Waals surface area contributed by atoms with Crippen LogP contribution in [0.3, 0.4) is 0 Å². The first-order valence-corrected chi connectivity index (χ1v) is 4.83. The predicted octanol–water partition coefficient (Wildman–Crippen LogP) is 1.01. The fourth-order valence-corrected chi connectivity index (χ4v) is 0.275. The fraction of sp³-hybridized carbons (Fsp3) is 0.750. The minimum absolute atomic E-state index is 0.115. The molecule has 0 aromatic heterocycles. The number of hydrogen-bond donors (Lipinski definition) is 0. The van der Waals surface area contributed by atoms with Crippen LogP contribution in [0.15, 0.2) is 0 Å². The van der Waals surface area contributed by atoms with Crippen molar-refractivity contribution in [1.29, 1.82) is 0 Å². The van der Waals surface area contributed by atoms with Crippen molar-refractivity contribution in [3.05, 3.63) is 0 Å². The predicted molar refractivity (Wildman–Crippen MR) is 43.5 cm³/mol. The van der Waals surface area contributed by atoms with E-state index >= 15 is 0 Å². The van der Waals surface area contributed by atoms with Crippen LogP contribution in [0.25, 0.3) is 0 Å². The maximum Gasteiger partial charge on any atom is 0.313 e. The number of Topliss-reactive ketones (excluding diaryl/α,β-unsaturated/α-hetero) is 1. The van der Waals surface area contributed by atoms with Crippen LogP contribution in [0.1, 0.15) is 27.2 Å². The number of rotatable bonds is 3. The second-order valence-electron chi connectivity index (χ2n) is 2.62. The van der Waals surface area contributed by atoms with Crippen molar-refractivity contribution in [2.45, 2.75) is 33.3 Å². The van der Waals surface area contributed by atoms with Gasteiger partial charge in [-0.1, -0.05) is 0 Å². The summed E-state index contributed by atoms with van der Waals surface area (Å²) < 4.78 is 9.04. The van der Waals surface area contributed by atoms with E-state index < -0.39 is 5.97 Å². The zero-order valence-electron chi connectivity index (χ0n) is 8.42. The molecule has 0 N–H and O–H groups in total. The van der Waals surface area contributed by atoms with E-state index in [1.807, 2.05) is 13.8 Å². The van der Waals surface area contributed by atoms with Crippen molar-refractivity contribution in [3.8, 4) is 0 Å². The molecule has 4 nitrogen and oxygen atoms in total. The summed E-state index contributed by atoms with van der Waals surface area (Å²) in [7, 11) is 1.26. The zero-order valence-corrected chi connectivity index (χ0v) is 10.9. The Morgan fingerprint density at radius 1 is 1.38 bits per heavy atom. The zero-order chi connectivity index (χ0) is 10.9. The van der Waals surface area contributed by atoms with Gasteiger partial charge < -0.3 is 4.74 Å². The molecule has 0 atom stereocenters. The molecule has 0 aliphatic heterocycles. The molecule has 0 aliphatic carbocycles. The third kappa shape index (κ3) is 18.7. The maximum atomic E-state index is 10.2. The molecule has 0 saturated heterocycles. The van der Waals surface area contributed by atoms with Crippen molar-refractivity contribution in [1.82, 2.24) is 0 Å². The van der Waals surface area contributed by atoms with Crippen LogP contribution < -0.4 is 0 Å². The van der Waals surface area contributed by atoms with Crippen molar-refractivity contribution in [2.75, 3.05) is 7.11 Å². The second-order valence-corrected chi connectivity index (χ2v) is 3.20. The number of methoxy groups -OCH3 is 1. The largest absolute Gasteiger partial charge is 0.469 e. The van der Waals surface area contributed by atoms with Crippen LogP contribution >= 0.6 is 0 Å². The van der Waals surface area contributed by atoms with Crippen LogP contribution in [0.4, 0.5) is 0 Å². The Morgan fingerprint density at radius 2 is 1.77 bits per heavy atom. The van der Waals surface area contributed by atoms with Gasteiger partial charge in [-0.15, -0.1) is 0 Å². The molecular formula is C8H15O4Zr. The molecule has 0 aromatic carbocycles. The third-order valence-corrected chi connectivity index (χ3v) is 2.02. The molecular weight excluding hydrogens is 251 g/mol. The summed E-state index contributed by atoms with van der Waals surface area (Å²) in [5.41, 5.74) is 0. The van der Waals surface area contributed by atoms with Crippen LogP contribution in [0, 0.1) is 0 Å². The number of esters is 1. The van der Waals surface area contributed by atoms with E-state index in [4.69, 9.17) is 2.81 Å². The van der Waals surface area contributed by atoms with Gasteiger partial charge in [0, 0.05) is 0 Å². The average Bonchev–Trinajstić information content (AvgIpc) is 2.04. The Hall–Kier alpha value is -0.0169. The number of carbonyl (C=O) groups is 2. The first-order valence-electron chi connectivity index (χ1n) is 3.82. The molecule has 75 valence electrons. The molecule has 0 rings (SSSR count). The summed E-state index contributed by atoms with van der Waals surface area (Å²) in [6.45, 7) is 5.39. The second kappa shape index (κ2) is 10.1. The molecule has 0 heterocycles. The van der Waals surface area contributed by atoms with Gasteiger partial charge in [-0.05, 0) is 6.92 Å². The van der Waals surface area contributed by atoms with E-state index in [1.165, 1.54) is 14.0 Å². The Morgan fingerprint density at radius 3 is 1.85 bits per heavy atom. The van der Waals surface area contributed by atoms with E-state index in [9.17, 15) is 9.59 Å². The van der Waals surface area contributed by atoms with Gasteiger partial charge in [0.25, 0.3) is 0 Å². The molecule has 0 unspecified atom stereocenters. The van der Waals surface area contributed by atoms with E-state index in [0.29, 0.717) is 6.10 Å². The standard InChI is InChI=1S/C5H8O3.C3H7O.Zr/c1-4(6)3-5(7)8-2;1-3(2)4;/h3H2,1-2H3;3H,1-2H3;/q;-1;+1. The molecule has 0 spiro atoms. The smallest absolute Gasteiger partial charge is 0.313 e. The maximum absolute atomic E-state index is 10.2. The van der Waals surface area contributed by atoms with Crippen molar-refractivity contribution in [2.24, 2.45) is 0 Å². The van der Waals surface area contributed by atoms with E-state index in [2.05, 4.69) is 4.74 Å². The summed E-state index contributed by atoms with van der Waals surface area (Å²) in [6, 6.07) is 0. The molecule has 0 aromatic rings. The summed E-state index contributed by atoms with van der Waals surface area (Å²) >= 11 is 1.16. The first-order chi connectivity index (χ1) is 5.93. The Labute approximate surface area is 94.4 Å². The molecule has 0 radical (unpaired) electrons. The number of carbonyl (C=O) groups excluding carboxylic acids is 2. The normalized spacial score (nSPS) is 8.62. The van der Waals surface area contributed by atoms with Gasteiger partial charge in [-0.25, -0.2) is 0 Å². The summed E-state index contributed by atoms with van der Waals surface area (Å²) in [5, 5.41) is 0. The van der Waals surface area contributed by atoms with Gasteiger partial charge >= 0.3 is 53.9 Å². The minimum atomic E-state index is -0.475. The monoisotopic (exact) mass is 265 g/mol. The molecule has 0 aliphatic rings. The van der Waals surface area contributed by atoms with E-state index in [-0.39, 0.29) is 12.2 Å². The van der Waals surface area contributed by atoms with E-state index in [1.54, 1.807) is 0 Å². The third-order valence-electron chi connectivity index (χ3n) is 0.857. The van der Waals surface area contributed by atoms with Crippen LogP contribution in [-0.4, -0.2) is 25.0 Å². The Balaban J connectivity index is 0. The SMILES string of the molecule is CC(C)[O][Zr].COC(=O)CC(C)=O. The van der Waals surface area contributed by atoms with Crippen LogP contribution in [-0.2, 0) is 42.3 Å². The quantitative estimate of drug-likeness (QED) is 0.565. The van der Waals surface area contributed by atoms with Crippen LogP contribution in [0.5, 0.6) is 0 Å². The summed E-state index contributed by atoms with van der Waals surface area (Å²) in [5.74, 6) is -0.644. The molecule has 0 fully saturated rings. The van der Waals surface area contributed by atoms with Crippen LogP contribution in [0.2, 0.25) is 0 Å². The van der Waals surface area contributed by atoms with Gasteiger partial charge in [0.05, 0.1) is 7.11 Å². The van der Waals surface area contributed by atoms with Gasteiger partial charge in [0.2, 0.25) is 0 Å². The minimum Gasteiger partial charge on any atom is -0.469 e. The Bertz CT molecular complexity index is 156. The van der Waals surface area contributed by atoms with Crippen molar-refractivity contribution < 1.29 is 42.3 Å². The molecule has 0 saturated carbocycles. The molecule has 0 bridgehead atoms. The average molecular weight is 266 g/mol. The first kappa shape index (κ1) is 15.5. The molecule has 13 heavy (non-hydrogen) atoms. The fourth-order valence-electron chi connectivity index (χ4n) is 0.275. The molecule has 5 heteroatoms. The summed E-state index contributed by atoms with van der Waals surface area (Å²) in [6.07, 6.45) is 0.310. The molecule has 0 amide bonds. The summed E-state index contributed by atoms with van der Waals surface area (Å²) in [4.78, 5) is 20.3. The van der Waals surface area contributed by atoms with Crippen molar-refractivity contribution in [3.63, 3.8) is 0 Å². The Kier molecular flexibility index (Phi) is 12.0.